The minimum atomic E-state index is -0.481. The molecular weight excluding hydrogens is 406 g/mol. The average molecular weight is 438 g/mol. The van der Waals surface area contributed by atoms with Crippen molar-refractivity contribution >= 4 is 34.8 Å². The van der Waals surface area contributed by atoms with Gasteiger partial charge in [0.25, 0.3) is 0 Å². The number of hydrogen-bond acceptors (Lipinski definition) is 4. The van der Waals surface area contributed by atoms with Crippen molar-refractivity contribution in [1.29, 1.82) is 0 Å². The maximum absolute atomic E-state index is 12.9. The van der Waals surface area contributed by atoms with Gasteiger partial charge < -0.3 is 10.2 Å². The lowest BCUT2D eigenvalue weighted by atomic mass is 9.84. The van der Waals surface area contributed by atoms with Crippen molar-refractivity contribution in [2.24, 2.45) is 22.7 Å². The third kappa shape index (κ3) is 4.19. The molecule has 2 saturated carbocycles. The van der Waals surface area contributed by atoms with Crippen LogP contribution in [0.3, 0.4) is 0 Å². The van der Waals surface area contributed by atoms with Crippen LogP contribution in [-0.2, 0) is 9.59 Å². The summed E-state index contributed by atoms with van der Waals surface area (Å²) in [4.78, 5) is 32.4. The van der Waals surface area contributed by atoms with Gasteiger partial charge in [0.05, 0.1) is 6.04 Å². The summed E-state index contributed by atoms with van der Waals surface area (Å²) < 4.78 is -0.481. The fourth-order valence-electron chi connectivity index (χ4n) is 5.83. The maximum atomic E-state index is 12.9. The van der Waals surface area contributed by atoms with Gasteiger partial charge in [-0.25, -0.2) is 0 Å². The zero-order valence-electron chi connectivity index (χ0n) is 18.1. The summed E-state index contributed by atoms with van der Waals surface area (Å²) in [5.41, 5.74) is 1.03. The molecule has 5 rings (SSSR count). The largest absolute Gasteiger partial charge is 0.339 e. The van der Waals surface area contributed by atoms with E-state index < -0.39 is 4.75 Å². The molecule has 6 heteroatoms. The van der Waals surface area contributed by atoms with Crippen molar-refractivity contribution in [3.05, 3.63) is 42.0 Å². The molecule has 31 heavy (non-hydrogen) atoms. The summed E-state index contributed by atoms with van der Waals surface area (Å²) in [6.07, 6.45) is 10.4. The lowest BCUT2D eigenvalue weighted by molar-refractivity contribution is -0.128. The maximum Gasteiger partial charge on any atom is 0.246 e. The molecule has 4 atom stereocenters. The summed E-state index contributed by atoms with van der Waals surface area (Å²) in [5, 5.41) is 3.91. The molecule has 4 fully saturated rings. The van der Waals surface area contributed by atoms with Crippen molar-refractivity contribution in [1.82, 2.24) is 10.2 Å². The Morgan fingerprint density at radius 2 is 1.94 bits per heavy atom. The molecule has 2 saturated heterocycles. The van der Waals surface area contributed by atoms with Gasteiger partial charge in [0.1, 0.15) is 4.75 Å². The first-order valence-electron chi connectivity index (χ1n) is 11.6. The smallest absolute Gasteiger partial charge is 0.246 e. The Hall–Kier alpha value is -2.08. The number of piperidine rings is 1. The quantitative estimate of drug-likeness (QED) is 0.722. The fraction of sp³-hybridized carbons (Fsp3) is 0.560. The van der Waals surface area contributed by atoms with Gasteiger partial charge in [-0.1, -0.05) is 48.5 Å². The molecule has 2 heterocycles. The van der Waals surface area contributed by atoms with Gasteiger partial charge in [0.2, 0.25) is 11.8 Å². The number of aliphatic imine (C=N–C) groups is 1. The SMILES string of the molecule is CC1(C2CCN(C(=O)/C=C/c3ccccc3)CC2)SC(=N[C@H]2C[C@H]3CC[C@H]2C3)NC1=O. The molecule has 1 N–H and O–H groups in total. The van der Waals surface area contributed by atoms with Gasteiger partial charge in [-0.2, -0.15) is 0 Å². The summed E-state index contributed by atoms with van der Waals surface area (Å²) in [5.74, 6) is 1.97. The molecule has 2 aliphatic heterocycles. The Labute approximate surface area is 188 Å². The van der Waals surface area contributed by atoms with E-state index in [1.165, 1.54) is 25.7 Å². The third-order valence-corrected chi connectivity index (χ3v) is 9.11. The second-order valence-electron chi connectivity index (χ2n) is 9.68. The number of amidine groups is 1. The van der Waals surface area contributed by atoms with Crippen LogP contribution < -0.4 is 5.32 Å². The number of nitrogens with zero attached hydrogens (tertiary/aromatic N) is 2. The van der Waals surface area contributed by atoms with Crippen LogP contribution in [-0.4, -0.2) is 45.8 Å². The Morgan fingerprint density at radius 3 is 2.61 bits per heavy atom. The molecule has 0 spiro atoms. The molecule has 1 aromatic carbocycles. The van der Waals surface area contributed by atoms with Crippen LogP contribution in [0.5, 0.6) is 0 Å². The summed E-state index contributed by atoms with van der Waals surface area (Å²) in [6.45, 7) is 3.46. The van der Waals surface area contributed by atoms with Crippen molar-refractivity contribution in [3.63, 3.8) is 0 Å². The molecule has 1 unspecified atom stereocenters. The van der Waals surface area contributed by atoms with Gasteiger partial charge in [0.15, 0.2) is 5.17 Å². The van der Waals surface area contributed by atoms with Crippen LogP contribution in [0.4, 0.5) is 0 Å². The molecule has 2 aliphatic carbocycles. The van der Waals surface area contributed by atoms with E-state index >= 15 is 0 Å². The number of fused-ring (bicyclic) bond motifs is 2. The third-order valence-electron chi connectivity index (χ3n) is 7.77. The van der Waals surface area contributed by atoms with Crippen LogP contribution in [0.25, 0.3) is 6.08 Å². The predicted molar refractivity (Wildman–Crippen MR) is 126 cm³/mol. The van der Waals surface area contributed by atoms with Gasteiger partial charge >= 0.3 is 0 Å². The molecule has 0 radical (unpaired) electrons. The minimum Gasteiger partial charge on any atom is -0.339 e. The summed E-state index contributed by atoms with van der Waals surface area (Å²) >= 11 is 1.63. The Balaban J connectivity index is 1.17. The standard InChI is InChI=1S/C25H31N3O2S/c1-25(23(30)27-24(31-25)26-21-16-18-7-9-19(21)15-18)20-11-13-28(14-12-20)22(29)10-8-17-5-3-2-4-6-17/h2-6,8,10,18-21H,7,9,11-16H2,1H3,(H,26,27,30)/b10-8+/t18-,19-,21-,25?/m0/s1. The number of carbonyl (C=O) groups excluding carboxylic acids is 2. The number of thioether (sulfide) groups is 1. The minimum absolute atomic E-state index is 0.0505. The molecule has 2 bridgehead atoms. The van der Waals surface area contributed by atoms with Gasteiger partial charge in [0, 0.05) is 19.2 Å². The van der Waals surface area contributed by atoms with E-state index in [2.05, 4.69) is 12.2 Å². The van der Waals surface area contributed by atoms with E-state index in [0.717, 1.165) is 35.4 Å². The topological polar surface area (TPSA) is 61.8 Å². The molecule has 2 amide bonds. The van der Waals surface area contributed by atoms with Crippen molar-refractivity contribution in [2.75, 3.05) is 13.1 Å². The molecule has 0 aromatic heterocycles. The molecule has 4 aliphatic rings. The first kappa shape index (κ1) is 20.8. The van der Waals surface area contributed by atoms with Crippen LogP contribution in [0.1, 0.15) is 51.0 Å². The lowest BCUT2D eigenvalue weighted by Crippen LogP contribution is -2.47. The van der Waals surface area contributed by atoms with E-state index in [-0.39, 0.29) is 17.7 Å². The number of likely N-dealkylation sites (tertiary alicyclic amines) is 1. The van der Waals surface area contributed by atoms with Gasteiger partial charge in [-0.05, 0) is 68.4 Å². The fourth-order valence-corrected chi connectivity index (χ4v) is 7.11. The number of amides is 2. The van der Waals surface area contributed by atoms with Gasteiger partial charge in [-0.3, -0.25) is 14.6 Å². The normalized spacial score (nSPS) is 34.7. The van der Waals surface area contributed by atoms with E-state index in [4.69, 9.17) is 4.99 Å². The lowest BCUT2D eigenvalue weighted by Gasteiger charge is -2.37. The number of rotatable bonds is 4. The Kier molecular flexibility index (Phi) is 5.67. The first-order chi connectivity index (χ1) is 15.0. The zero-order valence-corrected chi connectivity index (χ0v) is 18.9. The highest BCUT2D eigenvalue weighted by Crippen LogP contribution is 2.48. The van der Waals surface area contributed by atoms with E-state index in [0.29, 0.717) is 19.1 Å². The number of carbonyl (C=O) groups is 2. The highest BCUT2D eigenvalue weighted by molar-refractivity contribution is 8.16. The van der Waals surface area contributed by atoms with Crippen LogP contribution >= 0.6 is 11.8 Å². The van der Waals surface area contributed by atoms with E-state index in [1.807, 2.05) is 41.3 Å². The Morgan fingerprint density at radius 1 is 1.16 bits per heavy atom. The Bertz CT molecular complexity index is 907. The van der Waals surface area contributed by atoms with Crippen molar-refractivity contribution in [3.8, 4) is 0 Å². The highest BCUT2D eigenvalue weighted by atomic mass is 32.2. The number of benzene rings is 1. The van der Waals surface area contributed by atoms with Crippen molar-refractivity contribution < 1.29 is 9.59 Å². The van der Waals surface area contributed by atoms with E-state index in [9.17, 15) is 9.59 Å². The van der Waals surface area contributed by atoms with Crippen LogP contribution in [0.15, 0.2) is 41.4 Å². The zero-order chi connectivity index (χ0) is 21.4. The first-order valence-corrected chi connectivity index (χ1v) is 12.4. The molecule has 164 valence electrons. The molecule has 5 nitrogen and oxygen atoms in total. The van der Waals surface area contributed by atoms with E-state index in [1.54, 1.807) is 17.8 Å². The molecular formula is C25H31N3O2S. The van der Waals surface area contributed by atoms with Crippen LogP contribution in [0.2, 0.25) is 0 Å². The highest BCUT2D eigenvalue weighted by Gasteiger charge is 2.50. The van der Waals surface area contributed by atoms with Gasteiger partial charge in [-0.15, -0.1) is 0 Å². The van der Waals surface area contributed by atoms with Crippen LogP contribution in [0, 0.1) is 17.8 Å². The second kappa shape index (κ2) is 8.45. The summed E-state index contributed by atoms with van der Waals surface area (Å²) in [6, 6.07) is 10.3. The number of nitrogens with one attached hydrogen (secondary N) is 1. The summed E-state index contributed by atoms with van der Waals surface area (Å²) in [7, 11) is 0. The predicted octanol–water partition coefficient (Wildman–Crippen LogP) is 4.10. The number of hydrogen-bond donors (Lipinski definition) is 1. The molecule has 1 aromatic rings. The van der Waals surface area contributed by atoms with Crippen molar-refractivity contribution in [2.45, 2.75) is 56.2 Å². The average Bonchev–Trinajstić information content (AvgIpc) is 3.48. The second-order valence-corrected chi connectivity index (χ2v) is 11.1. The monoisotopic (exact) mass is 437 g/mol.